The maximum atomic E-state index is 11.2. The molecule has 0 bridgehead atoms. The molecular formula is C7H11NO2S. The molecule has 4 heteroatoms. The van der Waals surface area contributed by atoms with E-state index in [1.807, 2.05) is 0 Å². The van der Waals surface area contributed by atoms with E-state index in [0.717, 1.165) is 6.42 Å². The molecule has 0 unspecified atom stereocenters. The minimum atomic E-state index is -3.10. The van der Waals surface area contributed by atoms with Gasteiger partial charge in [-0.2, -0.15) is 4.31 Å². The van der Waals surface area contributed by atoms with E-state index in [0.29, 0.717) is 13.1 Å². The Morgan fingerprint density at radius 1 is 1.36 bits per heavy atom. The van der Waals surface area contributed by atoms with Gasteiger partial charge in [-0.05, 0) is 6.42 Å². The number of hydrogen-bond acceptors (Lipinski definition) is 2. The van der Waals surface area contributed by atoms with Crippen molar-refractivity contribution in [3.8, 4) is 0 Å². The fraction of sp³-hybridized carbons (Fsp3) is 0.429. The monoisotopic (exact) mass is 173 g/mol. The fourth-order valence-corrected chi connectivity index (χ4v) is 2.03. The Balaban J connectivity index is 2.65. The second-order valence-corrected chi connectivity index (χ2v) is 4.18. The van der Waals surface area contributed by atoms with Crippen LogP contribution in [0.5, 0.6) is 0 Å². The van der Waals surface area contributed by atoms with Crippen molar-refractivity contribution in [3.63, 3.8) is 0 Å². The fourth-order valence-electron chi connectivity index (χ4n) is 0.783. The van der Waals surface area contributed by atoms with Crippen LogP contribution in [0, 0.1) is 0 Å². The summed E-state index contributed by atoms with van der Waals surface area (Å²) in [5, 5.41) is 1.18. The number of sulfonamides is 1. The molecule has 0 amide bonds. The smallest absolute Gasteiger partial charge is 0.208 e. The van der Waals surface area contributed by atoms with Crippen LogP contribution in [-0.2, 0) is 10.0 Å². The third-order valence-electron chi connectivity index (χ3n) is 1.56. The van der Waals surface area contributed by atoms with Gasteiger partial charge in [0.15, 0.2) is 0 Å². The summed E-state index contributed by atoms with van der Waals surface area (Å²) in [6.07, 6.45) is 3.87. The second kappa shape index (κ2) is 3.19. The molecule has 0 aromatic heterocycles. The summed E-state index contributed by atoms with van der Waals surface area (Å²) < 4.78 is 23.8. The molecule has 11 heavy (non-hydrogen) atoms. The Bertz CT molecular complexity index is 262. The molecule has 0 spiro atoms. The summed E-state index contributed by atoms with van der Waals surface area (Å²) in [6, 6.07) is 0. The zero-order chi connectivity index (χ0) is 8.32. The lowest BCUT2D eigenvalue weighted by molar-refractivity contribution is 0.313. The van der Waals surface area contributed by atoms with E-state index in [9.17, 15) is 8.42 Å². The SMILES string of the molecule is C=C/C=C/S(=O)(=O)N1CCC1. The van der Waals surface area contributed by atoms with E-state index in [2.05, 4.69) is 6.58 Å². The number of nitrogens with zero attached hydrogens (tertiary/aromatic N) is 1. The lowest BCUT2D eigenvalue weighted by Crippen LogP contribution is -2.40. The highest BCUT2D eigenvalue weighted by molar-refractivity contribution is 7.92. The lowest BCUT2D eigenvalue weighted by atomic mass is 10.3. The summed E-state index contributed by atoms with van der Waals surface area (Å²) in [5.74, 6) is 0. The van der Waals surface area contributed by atoms with Crippen LogP contribution < -0.4 is 0 Å². The number of hydrogen-bond donors (Lipinski definition) is 0. The summed E-state index contributed by atoms with van der Waals surface area (Å²) >= 11 is 0. The highest BCUT2D eigenvalue weighted by Crippen LogP contribution is 2.13. The minimum absolute atomic E-state index is 0.657. The molecule has 1 saturated heterocycles. The van der Waals surface area contributed by atoms with Crippen molar-refractivity contribution in [2.75, 3.05) is 13.1 Å². The molecule has 1 rings (SSSR count). The predicted octanol–water partition coefficient (Wildman–Crippen LogP) is 0.722. The van der Waals surface area contributed by atoms with Gasteiger partial charge < -0.3 is 0 Å². The first kappa shape index (κ1) is 8.49. The average molecular weight is 173 g/mol. The van der Waals surface area contributed by atoms with Crippen molar-refractivity contribution in [3.05, 3.63) is 24.1 Å². The van der Waals surface area contributed by atoms with Gasteiger partial charge >= 0.3 is 0 Å². The third kappa shape index (κ3) is 1.91. The average Bonchev–Trinajstić information content (AvgIpc) is 1.78. The van der Waals surface area contributed by atoms with Crippen molar-refractivity contribution in [2.24, 2.45) is 0 Å². The molecule has 0 aromatic rings. The molecule has 3 nitrogen and oxygen atoms in total. The Morgan fingerprint density at radius 2 is 2.00 bits per heavy atom. The molecule has 1 heterocycles. The zero-order valence-electron chi connectivity index (χ0n) is 6.23. The molecular weight excluding hydrogens is 162 g/mol. The third-order valence-corrected chi connectivity index (χ3v) is 3.15. The van der Waals surface area contributed by atoms with Crippen molar-refractivity contribution < 1.29 is 8.42 Å². The zero-order valence-corrected chi connectivity index (χ0v) is 7.05. The lowest BCUT2D eigenvalue weighted by Gasteiger charge is -2.27. The predicted molar refractivity (Wildman–Crippen MR) is 44.4 cm³/mol. The maximum Gasteiger partial charge on any atom is 0.236 e. The summed E-state index contributed by atoms with van der Waals surface area (Å²) in [6.45, 7) is 4.71. The maximum absolute atomic E-state index is 11.2. The van der Waals surface area contributed by atoms with Gasteiger partial charge in [-0.3, -0.25) is 0 Å². The Labute approximate surface area is 67.1 Å². The first-order chi connectivity index (χ1) is 5.17. The standard InChI is InChI=1S/C7H11NO2S/c1-2-3-7-11(9,10)8-5-4-6-8/h2-3,7H,1,4-6H2/b7-3+. The summed E-state index contributed by atoms with van der Waals surface area (Å²) in [7, 11) is -3.10. The van der Waals surface area contributed by atoms with Crippen LogP contribution >= 0.6 is 0 Å². The van der Waals surface area contributed by atoms with Crippen molar-refractivity contribution in [2.45, 2.75) is 6.42 Å². The van der Waals surface area contributed by atoms with Crippen LogP contribution in [0.2, 0.25) is 0 Å². The molecule has 0 saturated carbocycles. The number of rotatable bonds is 3. The summed E-state index contributed by atoms with van der Waals surface area (Å²) in [5.41, 5.74) is 0. The molecule has 62 valence electrons. The van der Waals surface area contributed by atoms with E-state index in [1.54, 1.807) is 0 Å². The van der Waals surface area contributed by atoms with E-state index in [4.69, 9.17) is 0 Å². The Kier molecular flexibility index (Phi) is 2.46. The highest BCUT2D eigenvalue weighted by Gasteiger charge is 2.24. The topological polar surface area (TPSA) is 37.4 Å². The van der Waals surface area contributed by atoms with Gasteiger partial charge in [0.05, 0.1) is 0 Å². The van der Waals surface area contributed by atoms with E-state index in [1.165, 1.54) is 21.9 Å². The molecule has 0 N–H and O–H groups in total. The number of allylic oxidation sites excluding steroid dienone is 2. The van der Waals surface area contributed by atoms with Crippen molar-refractivity contribution in [1.82, 2.24) is 4.31 Å². The van der Waals surface area contributed by atoms with E-state index in [-0.39, 0.29) is 0 Å². The Morgan fingerprint density at radius 3 is 2.36 bits per heavy atom. The first-order valence-corrected chi connectivity index (χ1v) is 4.96. The quantitative estimate of drug-likeness (QED) is 0.590. The van der Waals surface area contributed by atoms with Crippen molar-refractivity contribution >= 4 is 10.0 Å². The van der Waals surface area contributed by atoms with E-state index >= 15 is 0 Å². The molecule has 0 aliphatic carbocycles. The summed E-state index contributed by atoms with van der Waals surface area (Å²) in [4.78, 5) is 0. The van der Waals surface area contributed by atoms with Gasteiger partial charge in [-0.15, -0.1) is 0 Å². The van der Waals surface area contributed by atoms with Gasteiger partial charge in [0.1, 0.15) is 0 Å². The molecule has 1 aliphatic rings. The molecule has 0 radical (unpaired) electrons. The highest BCUT2D eigenvalue weighted by atomic mass is 32.2. The van der Waals surface area contributed by atoms with Crippen LogP contribution in [0.25, 0.3) is 0 Å². The van der Waals surface area contributed by atoms with Crippen LogP contribution in [-0.4, -0.2) is 25.8 Å². The first-order valence-electron chi connectivity index (χ1n) is 3.46. The van der Waals surface area contributed by atoms with Crippen LogP contribution in [0.4, 0.5) is 0 Å². The van der Waals surface area contributed by atoms with Gasteiger partial charge in [-0.1, -0.05) is 18.7 Å². The molecule has 1 fully saturated rings. The van der Waals surface area contributed by atoms with E-state index < -0.39 is 10.0 Å². The van der Waals surface area contributed by atoms with Crippen LogP contribution in [0.15, 0.2) is 24.1 Å². The molecule has 0 atom stereocenters. The van der Waals surface area contributed by atoms with Crippen molar-refractivity contribution in [1.29, 1.82) is 0 Å². The van der Waals surface area contributed by atoms with Gasteiger partial charge in [0, 0.05) is 18.5 Å². The van der Waals surface area contributed by atoms with Gasteiger partial charge in [0.2, 0.25) is 10.0 Å². The Hall–Kier alpha value is -0.610. The van der Waals surface area contributed by atoms with Gasteiger partial charge in [0.25, 0.3) is 0 Å². The second-order valence-electron chi connectivity index (χ2n) is 2.36. The minimum Gasteiger partial charge on any atom is -0.208 e. The normalized spacial score (nSPS) is 20.0. The van der Waals surface area contributed by atoms with Crippen LogP contribution in [0.3, 0.4) is 0 Å². The van der Waals surface area contributed by atoms with Crippen LogP contribution in [0.1, 0.15) is 6.42 Å². The van der Waals surface area contributed by atoms with Gasteiger partial charge in [-0.25, -0.2) is 8.42 Å². The molecule has 1 aliphatic heterocycles. The molecule has 0 aromatic carbocycles. The largest absolute Gasteiger partial charge is 0.236 e.